The van der Waals surface area contributed by atoms with Crippen molar-refractivity contribution in [1.29, 1.82) is 0 Å². The Labute approximate surface area is 115 Å². The summed E-state index contributed by atoms with van der Waals surface area (Å²) < 4.78 is 25.0. The van der Waals surface area contributed by atoms with Crippen LogP contribution in [0.15, 0.2) is 29.2 Å². The molecule has 0 aromatic heterocycles. The number of anilines is 1. The van der Waals surface area contributed by atoms with Crippen LogP contribution in [-0.2, 0) is 10.0 Å². The molecule has 0 bridgehead atoms. The molecule has 0 aliphatic heterocycles. The van der Waals surface area contributed by atoms with Crippen LogP contribution < -0.4 is 5.32 Å². The van der Waals surface area contributed by atoms with Gasteiger partial charge in [0.05, 0.1) is 4.90 Å². The van der Waals surface area contributed by atoms with Crippen molar-refractivity contribution in [2.24, 2.45) is 11.3 Å². The predicted octanol–water partition coefficient (Wildman–Crippen LogP) is 2.39. The van der Waals surface area contributed by atoms with Gasteiger partial charge >= 0.3 is 0 Å². The zero-order valence-electron chi connectivity index (χ0n) is 12.0. The molecule has 1 aliphatic carbocycles. The van der Waals surface area contributed by atoms with Gasteiger partial charge < -0.3 is 5.32 Å². The Morgan fingerprint density at radius 1 is 1.26 bits per heavy atom. The standard InChI is InChI=1S/C14H22N2O2S/c1-14(2)9-11(14)10-15-12-5-7-13(8-6-12)19(17,18)16(3)4/h5-8,11,15H,9-10H2,1-4H3. The van der Waals surface area contributed by atoms with Crippen LogP contribution >= 0.6 is 0 Å². The van der Waals surface area contributed by atoms with Gasteiger partial charge in [0.25, 0.3) is 0 Å². The summed E-state index contributed by atoms with van der Waals surface area (Å²) in [5, 5.41) is 3.36. The second-order valence-electron chi connectivity index (χ2n) is 6.08. The van der Waals surface area contributed by atoms with Crippen LogP contribution in [0, 0.1) is 11.3 Å². The summed E-state index contributed by atoms with van der Waals surface area (Å²) in [6.07, 6.45) is 1.26. The molecule has 0 spiro atoms. The highest BCUT2D eigenvalue weighted by atomic mass is 32.2. The second kappa shape index (κ2) is 4.80. The first-order valence-electron chi connectivity index (χ1n) is 6.50. The molecule has 106 valence electrons. The van der Waals surface area contributed by atoms with Gasteiger partial charge in [0.2, 0.25) is 10.0 Å². The number of nitrogens with one attached hydrogen (secondary N) is 1. The van der Waals surface area contributed by atoms with Gasteiger partial charge in [0, 0.05) is 26.3 Å². The van der Waals surface area contributed by atoms with Crippen LogP contribution in [0.4, 0.5) is 5.69 Å². The van der Waals surface area contributed by atoms with E-state index in [0.29, 0.717) is 10.3 Å². The average Bonchev–Trinajstić information content (AvgIpc) is 2.95. The van der Waals surface area contributed by atoms with Crippen LogP contribution in [-0.4, -0.2) is 33.4 Å². The number of rotatable bonds is 5. The highest BCUT2D eigenvalue weighted by molar-refractivity contribution is 7.89. The van der Waals surface area contributed by atoms with Gasteiger partial charge in [0.1, 0.15) is 0 Å². The summed E-state index contributed by atoms with van der Waals surface area (Å²) >= 11 is 0. The van der Waals surface area contributed by atoms with Gasteiger partial charge in [0.15, 0.2) is 0 Å². The molecular formula is C14H22N2O2S. The fourth-order valence-electron chi connectivity index (χ4n) is 2.12. The summed E-state index contributed by atoms with van der Waals surface area (Å²) in [4.78, 5) is 0.329. The summed E-state index contributed by atoms with van der Waals surface area (Å²) in [6, 6.07) is 6.95. The van der Waals surface area contributed by atoms with Crippen molar-refractivity contribution in [1.82, 2.24) is 4.31 Å². The van der Waals surface area contributed by atoms with Crippen molar-refractivity contribution in [3.8, 4) is 0 Å². The number of sulfonamides is 1. The molecule has 5 heteroatoms. The molecule has 0 radical (unpaired) electrons. The number of nitrogens with zero attached hydrogens (tertiary/aromatic N) is 1. The minimum atomic E-state index is -3.33. The van der Waals surface area contributed by atoms with Crippen LogP contribution in [0.25, 0.3) is 0 Å². The van der Waals surface area contributed by atoms with Gasteiger partial charge in [-0.25, -0.2) is 12.7 Å². The lowest BCUT2D eigenvalue weighted by Crippen LogP contribution is -2.22. The predicted molar refractivity (Wildman–Crippen MR) is 77.7 cm³/mol. The van der Waals surface area contributed by atoms with E-state index in [0.717, 1.165) is 18.2 Å². The zero-order chi connectivity index (χ0) is 14.3. The number of hydrogen-bond donors (Lipinski definition) is 1. The van der Waals surface area contributed by atoms with Crippen molar-refractivity contribution in [2.75, 3.05) is 26.0 Å². The van der Waals surface area contributed by atoms with Crippen LogP contribution in [0.5, 0.6) is 0 Å². The first kappa shape index (κ1) is 14.3. The van der Waals surface area contributed by atoms with E-state index in [-0.39, 0.29) is 0 Å². The average molecular weight is 282 g/mol. The molecular weight excluding hydrogens is 260 g/mol. The lowest BCUT2D eigenvalue weighted by Gasteiger charge is -2.12. The first-order chi connectivity index (χ1) is 8.73. The molecule has 1 saturated carbocycles. The molecule has 1 aromatic rings. The molecule has 4 nitrogen and oxygen atoms in total. The van der Waals surface area contributed by atoms with E-state index in [4.69, 9.17) is 0 Å². The molecule has 0 heterocycles. The van der Waals surface area contributed by atoms with Crippen LogP contribution in [0.1, 0.15) is 20.3 Å². The first-order valence-corrected chi connectivity index (χ1v) is 7.94. The minimum absolute atomic E-state index is 0.329. The monoisotopic (exact) mass is 282 g/mol. The van der Waals surface area contributed by atoms with Crippen molar-refractivity contribution >= 4 is 15.7 Å². The smallest absolute Gasteiger partial charge is 0.242 e. The van der Waals surface area contributed by atoms with Gasteiger partial charge in [-0.05, 0) is 42.0 Å². The molecule has 1 atom stereocenters. The Bertz CT molecular complexity index is 547. The summed E-state index contributed by atoms with van der Waals surface area (Å²) in [5.74, 6) is 0.720. The quantitative estimate of drug-likeness (QED) is 0.902. The van der Waals surface area contributed by atoms with Gasteiger partial charge in [-0.2, -0.15) is 0 Å². The third kappa shape index (κ3) is 3.09. The van der Waals surface area contributed by atoms with Crippen molar-refractivity contribution in [2.45, 2.75) is 25.2 Å². The molecule has 0 saturated heterocycles. The highest BCUT2D eigenvalue weighted by Gasteiger charge is 2.44. The SMILES string of the molecule is CN(C)S(=O)(=O)c1ccc(NCC2CC2(C)C)cc1. The molecule has 0 amide bonds. The Morgan fingerprint density at radius 3 is 2.21 bits per heavy atom. The van der Waals surface area contributed by atoms with E-state index in [1.165, 1.54) is 24.8 Å². The molecule has 1 aromatic carbocycles. The van der Waals surface area contributed by atoms with E-state index in [1.807, 2.05) is 12.1 Å². The highest BCUT2D eigenvalue weighted by Crippen LogP contribution is 2.51. The minimum Gasteiger partial charge on any atom is -0.385 e. The molecule has 1 fully saturated rings. The fourth-order valence-corrected chi connectivity index (χ4v) is 3.02. The summed E-state index contributed by atoms with van der Waals surface area (Å²) in [7, 11) is -0.249. The third-order valence-corrected chi connectivity index (χ3v) is 5.73. The van der Waals surface area contributed by atoms with E-state index < -0.39 is 10.0 Å². The molecule has 19 heavy (non-hydrogen) atoms. The summed E-state index contributed by atoms with van der Waals surface area (Å²) in [5.41, 5.74) is 1.43. The van der Waals surface area contributed by atoms with E-state index in [2.05, 4.69) is 19.2 Å². The van der Waals surface area contributed by atoms with Gasteiger partial charge in [-0.3, -0.25) is 0 Å². The normalized spacial score (nSPS) is 21.4. The van der Waals surface area contributed by atoms with E-state index in [1.54, 1.807) is 12.1 Å². The maximum atomic E-state index is 11.9. The zero-order valence-corrected chi connectivity index (χ0v) is 12.8. The van der Waals surface area contributed by atoms with Crippen molar-refractivity contribution in [3.63, 3.8) is 0 Å². The Balaban J connectivity index is 1.99. The molecule has 2 rings (SSSR count). The Hall–Kier alpha value is -1.07. The van der Waals surface area contributed by atoms with Crippen molar-refractivity contribution in [3.05, 3.63) is 24.3 Å². The Kier molecular flexibility index (Phi) is 3.62. The Morgan fingerprint density at radius 2 is 1.79 bits per heavy atom. The maximum absolute atomic E-state index is 11.9. The lowest BCUT2D eigenvalue weighted by molar-refractivity contribution is 0.521. The number of benzene rings is 1. The number of hydrogen-bond acceptors (Lipinski definition) is 3. The van der Waals surface area contributed by atoms with Crippen molar-refractivity contribution < 1.29 is 8.42 Å². The van der Waals surface area contributed by atoms with Gasteiger partial charge in [-0.15, -0.1) is 0 Å². The third-order valence-electron chi connectivity index (χ3n) is 3.90. The van der Waals surface area contributed by atoms with Crippen LogP contribution in [0.3, 0.4) is 0 Å². The van der Waals surface area contributed by atoms with E-state index >= 15 is 0 Å². The van der Waals surface area contributed by atoms with Crippen LogP contribution in [0.2, 0.25) is 0 Å². The summed E-state index contributed by atoms with van der Waals surface area (Å²) in [6.45, 7) is 5.49. The second-order valence-corrected chi connectivity index (χ2v) is 8.23. The largest absolute Gasteiger partial charge is 0.385 e. The topological polar surface area (TPSA) is 49.4 Å². The molecule has 1 aliphatic rings. The molecule has 1 unspecified atom stereocenters. The lowest BCUT2D eigenvalue weighted by atomic mass is 10.1. The maximum Gasteiger partial charge on any atom is 0.242 e. The van der Waals surface area contributed by atoms with E-state index in [9.17, 15) is 8.42 Å². The molecule has 1 N–H and O–H groups in total. The van der Waals surface area contributed by atoms with Gasteiger partial charge in [-0.1, -0.05) is 13.8 Å². The fraction of sp³-hybridized carbons (Fsp3) is 0.571.